The van der Waals surface area contributed by atoms with Gasteiger partial charge in [0.25, 0.3) is 12.1 Å². The number of hydrogen-bond acceptors (Lipinski definition) is 4. The van der Waals surface area contributed by atoms with Gasteiger partial charge in [-0.3, -0.25) is 20.2 Å². The summed E-state index contributed by atoms with van der Waals surface area (Å²) in [6, 6.07) is 24.3. The molecule has 0 spiro atoms. The molecule has 0 N–H and O–H groups in total. The number of hydrogen-bond donors (Lipinski definition) is 0. The fourth-order valence-electron chi connectivity index (χ4n) is 5.73. The summed E-state index contributed by atoms with van der Waals surface area (Å²) in [5, 5.41) is 24.8. The van der Waals surface area contributed by atoms with Crippen molar-refractivity contribution in [2.24, 2.45) is 0 Å². The molecule has 0 fully saturated rings. The molecule has 0 aromatic heterocycles. The molecule has 2 aliphatic carbocycles. The summed E-state index contributed by atoms with van der Waals surface area (Å²) in [5.74, 6) is 0. The maximum atomic E-state index is 12.4. The summed E-state index contributed by atoms with van der Waals surface area (Å²) in [7, 11) is 0. The molecule has 6 heteroatoms. The zero-order chi connectivity index (χ0) is 23.4. The van der Waals surface area contributed by atoms with Crippen molar-refractivity contribution in [3.05, 3.63) is 150 Å². The van der Waals surface area contributed by atoms with E-state index >= 15 is 0 Å². The Bertz CT molecular complexity index is 1380. The largest absolute Gasteiger partial charge is 0.264 e. The third kappa shape index (κ3) is 2.95. The monoisotopic (exact) mass is 448 g/mol. The van der Waals surface area contributed by atoms with Gasteiger partial charge in [-0.1, -0.05) is 84.9 Å². The first-order valence-electron chi connectivity index (χ1n) is 11.2. The quantitative estimate of drug-likeness (QED) is 0.289. The minimum Gasteiger partial charge on any atom is -0.264 e. The average molecular weight is 448 g/mol. The van der Waals surface area contributed by atoms with Crippen LogP contribution in [0, 0.1) is 20.2 Å². The summed E-state index contributed by atoms with van der Waals surface area (Å²) in [4.78, 5) is 24.3. The number of fused-ring (bicyclic) bond motifs is 4. The van der Waals surface area contributed by atoms with Crippen LogP contribution in [0.25, 0.3) is 11.1 Å². The Morgan fingerprint density at radius 2 is 0.912 bits per heavy atom. The highest BCUT2D eigenvalue weighted by atomic mass is 16.6. The van der Waals surface area contributed by atoms with Crippen molar-refractivity contribution < 1.29 is 9.85 Å². The lowest BCUT2D eigenvalue weighted by molar-refractivity contribution is -0.518. The number of rotatable bonds is 3. The van der Waals surface area contributed by atoms with Crippen LogP contribution in [0.3, 0.4) is 0 Å². The fourth-order valence-corrected chi connectivity index (χ4v) is 5.73. The fraction of sp³-hybridized carbons (Fsp3) is 0.143. The van der Waals surface area contributed by atoms with Crippen LogP contribution < -0.4 is 0 Å². The molecule has 0 saturated heterocycles. The Kier molecular flexibility index (Phi) is 4.55. The molecule has 4 aromatic rings. The van der Waals surface area contributed by atoms with Crippen molar-refractivity contribution in [2.45, 2.75) is 24.9 Å². The van der Waals surface area contributed by atoms with E-state index in [1.165, 1.54) is 0 Å². The molecule has 6 nitrogen and oxygen atoms in total. The van der Waals surface area contributed by atoms with Crippen molar-refractivity contribution >= 4 is 0 Å². The number of nitro groups is 2. The number of nitrogens with zero attached hydrogens (tertiary/aromatic N) is 2. The Morgan fingerprint density at radius 1 is 0.529 bits per heavy atom. The van der Waals surface area contributed by atoms with E-state index in [0.717, 1.165) is 22.3 Å². The molecule has 6 rings (SSSR count). The molecule has 2 unspecified atom stereocenters. The molecule has 166 valence electrons. The van der Waals surface area contributed by atoms with Crippen molar-refractivity contribution in [2.75, 3.05) is 0 Å². The van der Waals surface area contributed by atoms with Crippen LogP contribution in [0.15, 0.2) is 84.9 Å². The topological polar surface area (TPSA) is 86.3 Å². The van der Waals surface area contributed by atoms with E-state index < -0.39 is 12.1 Å². The van der Waals surface area contributed by atoms with Crippen LogP contribution in [-0.2, 0) is 12.8 Å². The van der Waals surface area contributed by atoms with Gasteiger partial charge in [-0.05, 0) is 46.2 Å². The van der Waals surface area contributed by atoms with Gasteiger partial charge in [-0.2, -0.15) is 0 Å². The van der Waals surface area contributed by atoms with Gasteiger partial charge in [0.05, 0.1) is 0 Å². The van der Waals surface area contributed by atoms with Crippen molar-refractivity contribution in [1.82, 2.24) is 0 Å². The highest BCUT2D eigenvalue weighted by Crippen LogP contribution is 2.47. The third-order valence-corrected chi connectivity index (χ3v) is 7.11. The molecular weight excluding hydrogens is 428 g/mol. The highest BCUT2D eigenvalue weighted by molar-refractivity contribution is 5.77. The SMILES string of the molecule is O=[N+]([O-])C1c2ccccc2Cc2cccc(-c3cccc4c3C([N+](=O)[O-])c3ccccc3C4)c21. The van der Waals surface area contributed by atoms with Gasteiger partial charge in [-0.15, -0.1) is 0 Å². The molecule has 0 saturated carbocycles. The van der Waals surface area contributed by atoms with E-state index in [2.05, 4.69) is 0 Å². The summed E-state index contributed by atoms with van der Waals surface area (Å²) in [5.41, 5.74) is 7.74. The molecule has 2 aliphatic rings. The molecule has 34 heavy (non-hydrogen) atoms. The Labute approximate surface area is 195 Å². The van der Waals surface area contributed by atoms with Gasteiger partial charge < -0.3 is 0 Å². The van der Waals surface area contributed by atoms with Gasteiger partial charge >= 0.3 is 0 Å². The minimum absolute atomic E-state index is 0.240. The van der Waals surface area contributed by atoms with E-state index in [1.54, 1.807) is 0 Å². The Balaban J connectivity index is 1.62. The number of benzene rings is 4. The van der Waals surface area contributed by atoms with E-state index in [9.17, 15) is 20.2 Å². The summed E-state index contributed by atoms with van der Waals surface area (Å²) < 4.78 is 0. The Hall–Kier alpha value is -4.32. The van der Waals surface area contributed by atoms with Gasteiger partial charge in [-0.25, -0.2) is 0 Å². The average Bonchev–Trinajstić information content (AvgIpc) is 2.84. The molecule has 0 bridgehead atoms. The van der Waals surface area contributed by atoms with Gasteiger partial charge in [0.2, 0.25) is 0 Å². The maximum Gasteiger partial charge on any atom is 0.264 e. The zero-order valence-corrected chi connectivity index (χ0v) is 18.2. The van der Waals surface area contributed by atoms with Crippen molar-refractivity contribution in [3.8, 4) is 11.1 Å². The van der Waals surface area contributed by atoms with Crippen molar-refractivity contribution in [1.29, 1.82) is 0 Å². The van der Waals surface area contributed by atoms with Crippen LogP contribution in [0.2, 0.25) is 0 Å². The van der Waals surface area contributed by atoms with Crippen LogP contribution in [0.4, 0.5) is 0 Å². The molecule has 0 radical (unpaired) electrons. The second-order valence-corrected chi connectivity index (χ2v) is 8.88. The second kappa shape index (κ2) is 7.63. The van der Waals surface area contributed by atoms with Crippen molar-refractivity contribution in [3.63, 3.8) is 0 Å². The molecule has 4 aromatic carbocycles. The lowest BCUT2D eigenvalue weighted by atomic mass is 9.75. The maximum absolute atomic E-state index is 12.4. The lowest BCUT2D eigenvalue weighted by Gasteiger charge is -2.28. The van der Waals surface area contributed by atoms with Gasteiger partial charge in [0, 0.05) is 32.1 Å². The first-order chi connectivity index (χ1) is 16.5. The first-order valence-corrected chi connectivity index (χ1v) is 11.2. The first kappa shape index (κ1) is 20.3. The zero-order valence-electron chi connectivity index (χ0n) is 18.2. The lowest BCUT2D eigenvalue weighted by Crippen LogP contribution is -2.23. The standard InChI is InChI=1S/C28H20N2O4/c31-29(32)27-21-11-3-1-7-17(21)15-19-9-5-13-23(25(19)27)24-14-6-10-20-16-18-8-2-4-12-22(18)28(26(20)24)30(33)34/h1-14,27-28H,15-16H2. The highest BCUT2D eigenvalue weighted by Gasteiger charge is 2.40. The second-order valence-electron chi connectivity index (χ2n) is 8.88. The summed E-state index contributed by atoms with van der Waals surface area (Å²) in [6.07, 6.45) is 1.19. The third-order valence-electron chi connectivity index (χ3n) is 7.11. The normalized spacial score (nSPS) is 17.6. The van der Waals surface area contributed by atoms with E-state index in [1.807, 2.05) is 84.9 Å². The summed E-state index contributed by atoms with van der Waals surface area (Å²) in [6.45, 7) is 0. The van der Waals surface area contributed by atoms with Crippen LogP contribution in [0.1, 0.15) is 56.6 Å². The smallest absolute Gasteiger partial charge is 0.264 e. The van der Waals surface area contributed by atoms with Gasteiger partial charge in [0.15, 0.2) is 0 Å². The Morgan fingerprint density at radius 3 is 1.32 bits per heavy atom. The predicted molar refractivity (Wildman–Crippen MR) is 128 cm³/mol. The van der Waals surface area contributed by atoms with Crippen LogP contribution in [-0.4, -0.2) is 9.85 Å². The van der Waals surface area contributed by atoms with Crippen LogP contribution >= 0.6 is 0 Å². The molecule has 0 aliphatic heterocycles. The van der Waals surface area contributed by atoms with E-state index in [4.69, 9.17) is 0 Å². The molecule has 0 amide bonds. The van der Waals surface area contributed by atoms with E-state index in [-0.39, 0.29) is 9.85 Å². The molecule has 0 heterocycles. The van der Waals surface area contributed by atoms with E-state index in [0.29, 0.717) is 46.2 Å². The van der Waals surface area contributed by atoms with Crippen LogP contribution in [0.5, 0.6) is 0 Å². The predicted octanol–water partition coefficient (Wildman–Crippen LogP) is 5.89. The van der Waals surface area contributed by atoms with Gasteiger partial charge in [0.1, 0.15) is 0 Å². The molecular formula is C28H20N2O4. The summed E-state index contributed by atoms with van der Waals surface area (Å²) >= 11 is 0. The minimum atomic E-state index is -1.02. The molecule has 2 atom stereocenters.